The van der Waals surface area contributed by atoms with Gasteiger partial charge in [-0.3, -0.25) is 4.90 Å². The standard InChI is InChI=1S/C17H27FN4O/c1-17(2,3)20-16(23)19-8-9-21-10-12-22(13-11-21)15-6-4-14(18)5-7-15/h4-7H,8-13H2,1-3H3,(H2,19,20,23). The molecule has 1 aromatic carbocycles. The molecule has 1 heterocycles. The van der Waals surface area contributed by atoms with Crippen molar-refractivity contribution in [1.82, 2.24) is 15.5 Å². The number of rotatable bonds is 4. The van der Waals surface area contributed by atoms with Crippen molar-refractivity contribution in [2.75, 3.05) is 44.2 Å². The second kappa shape index (κ2) is 7.64. The van der Waals surface area contributed by atoms with Crippen LogP contribution in [0.4, 0.5) is 14.9 Å². The van der Waals surface area contributed by atoms with E-state index in [-0.39, 0.29) is 17.4 Å². The zero-order chi connectivity index (χ0) is 16.9. The summed E-state index contributed by atoms with van der Waals surface area (Å²) in [5.74, 6) is -0.202. The van der Waals surface area contributed by atoms with Gasteiger partial charge in [0.15, 0.2) is 0 Å². The average molecular weight is 322 g/mol. The lowest BCUT2D eigenvalue weighted by molar-refractivity contribution is 0.225. The third-order valence-corrected chi connectivity index (χ3v) is 3.77. The zero-order valence-electron chi connectivity index (χ0n) is 14.2. The van der Waals surface area contributed by atoms with Crippen molar-refractivity contribution >= 4 is 11.7 Å². The van der Waals surface area contributed by atoms with Gasteiger partial charge in [-0.2, -0.15) is 0 Å². The molecule has 0 aliphatic carbocycles. The molecule has 0 bridgehead atoms. The molecule has 2 rings (SSSR count). The van der Waals surface area contributed by atoms with Crippen LogP contribution in [0.1, 0.15) is 20.8 Å². The SMILES string of the molecule is CC(C)(C)NC(=O)NCCN1CCN(c2ccc(F)cc2)CC1. The Labute approximate surface area is 137 Å². The number of anilines is 1. The van der Waals surface area contributed by atoms with E-state index >= 15 is 0 Å². The number of nitrogens with one attached hydrogen (secondary N) is 2. The number of carbonyl (C=O) groups is 1. The summed E-state index contributed by atoms with van der Waals surface area (Å²) < 4.78 is 13.0. The molecular formula is C17H27FN4O. The van der Waals surface area contributed by atoms with Crippen LogP contribution < -0.4 is 15.5 Å². The molecule has 1 saturated heterocycles. The van der Waals surface area contributed by atoms with Crippen LogP contribution in [0.5, 0.6) is 0 Å². The summed E-state index contributed by atoms with van der Waals surface area (Å²) in [6.45, 7) is 11.1. The first-order valence-corrected chi connectivity index (χ1v) is 8.12. The number of piperazine rings is 1. The van der Waals surface area contributed by atoms with Crippen LogP contribution >= 0.6 is 0 Å². The van der Waals surface area contributed by atoms with Crippen LogP contribution in [0.15, 0.2) is 24.3 Å². The predicted molar refractivity (Wildman–Crippen MR) is 91.3 cm³/mol. The third-order valence-electron chi connectivity index (χ3n) is 3.77. The maximum Gasteiger partial charge on any atom is 0.315 e. The predicted octanol–water partition coefficient (Wildman–Crippen LogP) is 2.05. The number of urea groups is 1. The fourth-order valence-corrected chi connectivity index (χ4v) is 2.59. The van der Waals surface area contributed by atoms with E-state index in [0.717, 1.165) is 38.4 Å². The highest BCUT2D eigenvalue weighted by Crippen LogP contribution is 2.16. The molecule has 0 saturated carbocycles. The maximum absolute atomic E-state index is 13.0. The number of hydrogen-bond donors (Lipinski definition) is 2. The smallest absolute Gasteiger partial charge is 0.315 e. The highest BCUT2D eigenvalue weighted by molar-refractivity contribution is 5.74. The van der Waals surface area contributed by atoms with Crippen LogP contribution in [-0.4, -0.2) is 55.7 Å². The topological polar surface area (TPSA) is 47.6 Å². The summed E-state index contributed by atoms with van der Waals surface area (Å²) in [6, 6.07) is 6.52. The van der Waals surface area contributed by atoms with E-state index in [0.29, 0.717) is 6.54 Å². The Bertz CT molecular complexity index is 504. The molecule has 1 aliphatic heterocycles. The van der Waals surface area contributed by atoms with Gasteiger partial charge in [0, 0.05) is 50.5 Å². The van der Waals surface area contributed by atoms with E-state index in [9.17, 15) is 9.18 Å². The second-order valence-corrected chi connectivity index (χ2v) is 6.94. The van der Waals surface area contributed by atoms with Gasteiger partial charge in [0.05, 0.1) is 0 Å². The van der Waals surface area contributed by atoms with E-state index in [4.69, 9.17) is 0 Å². The van der Waals surface area contributed by atoms with Crippen molar-refractivity contribution in [1.29, 1.82) is 0 Å². The highest BCUT2D eigenvalue weighted by atomic mass is 19.1. The van der Waals surface area contributed by atoms with Crippen molar-refractivity contribution in [2.24, 2.45) is 0 Å². The van der Waals surface area contributed by atoms with E-state index < -0.39 is 0 Å². The molecule has 128 valence electrons. The van der Waals surface area contributed by atoms with E-state index in [1.807, 2.05) is 32.9 Å². The van der Waals surface area contributed by atoms with Crippen molar-refractivity contribution < 1.29 is 9.18 Å². The molecule has 1 aliphatic rings. The normalized spacial score (nSPS) is 16.3. The summed E-state index contributed by atoms with van der Waals surface area (Å²) in [4.78, 5) is 16.3. The van der Waals surface area contributed by atoms with Crippen molar-refractivity contribution in [2.45, 2.75) is 26.3 Å². The fraction of sp³-hybridized carbons (Fsp3) is 0.588. The van der Waals surface area contributed by atoms with Gasteiger partial charge in [-0.15, -0.1) is 0 Å². The van der Waals surface area contributed by atoms with Crippen LogP contribution in [0.25, 0.3) is 0 Å². The Balaban J connectivity index is 1.67. The largest absolute Gasteiger partial charge is 0.369 e. The Morgan fingerprint density at radius 2 is 1.74 bits per heavy atom. The highest BCUT2D eigenvalue weighted by Gasteiger charge is 2.17. The molecule has 6 heteroatoms. The molecule has 0 atom stereocenters. The van der Waals surface area contributed by atoms with Gasteiger partial charge in [-0.25, -0.2) is 9.18 Å². The number of nitrogens with zero attached hydrogens (tertiary/aromatic N) is 2. The van der Waals surface area contributed by atoms with Crippen LogP contribution in [0.3, 0.4) is 0 Å². The molecule has 2 N–H and O–H groups in total. The molecule has 0 spiro atoms. The average Bonchev–Trinajstić information content (AvgIpc) is 2.47. The van der Waals surface area contributed by atoms with Gasteiger partial charge in [-0.1, -0.05) is 0 Å². The van der Waals surface area contributed by atoms with Gasteiger partial charge in [0.2, 0.25) is 0 Å². The summed E-state index contributed by atoms with van der Waals surface area (Å²) >= 11 is 0. The van der Waals surface area contributed by atoms with E-state index in [1.54, 1.807) is 0 Å². The quantitative estimate of drug-likeness (QED) is 0.892. The molecule has 5 nitrogen and oxygen atoms in total. The maximum atomic E-state index is 13.0. The molecular weight excluding hydrogens is 295 g/mol. The molecule has 23 heavy (non-hydrogen) atoms. The van der Waals surface area contributed by atoms with E-state index in [2.05, 4.69) is 20.4 Å². The molecule has 1 aromatic rings. The Kier molecular flexibility index (Phi) is 5.82. The summed E-state index contributed by atoms with van der Waals surface area (Å²) in [6.07, 6.45) is 0. The molecule has 1 fully saturated rings. The molecule has 2 amide bonds. The Morgan fingerprint density at radius 1 is 1.13 bits per heavy atom. The summed E-state index contributed by atoms with van der Waals surface area (Å²) in [5, 5.41) is 5.77. The fourth-order valence-electron chi connectivity index (χ4n) is 2.59. The van der Waals surface area contributed by atoms with Gasteiger partial charge < -0.3 is 15.5 Å². The number of carbonyl (C=O) groups excluding carboxylic acids is 1. The van der Waals surface area contributed by atoms with Crippen molar-refractivity contribution in [3.8, 4) is 0 Å². The van der Waals surface area contributed by atoms with Crippen LogP contribution in [-0.2, 0) is 0 Å². The molecule has 0 aromatic heterocycles. The van der Waals surface area contributed by atoms with Gasteiger partial charge >= 0.3 is 6.03 Å². The van der Waals surface area contributed by atoms with Gasteiger partial charge in [0.1, 0.15) is 5.82 Å². The summed E-state index contributed by atoms with van der Waals surface area (Å²) in [5.41, 5.74) is 0.846. The van der Waals surface area contributed by atoms with E-state index in [1.165, 1.54) is 12.1 Å². The number of amides is 2. The Hall–Kier alpha value is -1.82. The lowest BCUT2D eigenvalue weighted by Crippen LogP contribution is -2.51. The lowest BCUT2D eigenvalue weighted by Gasteiger charge is -2.36. The first-order chi connectivity index (χ1) is 10.8. The number of benzene rings is 1. The number of hydrogen-bond acceptors (Lipinski definition) is 3. The van der Waals surface area contributed by atoms with Crippen LogP contribution in [0.2, 0.25) is 0 Å². The second-order valence-electron chi connectivity index (χ2n) is 6.94. The minimum Gasteiger partial charge on any atom is -0.369 e. The minimum absolute atomic E-state index is 0.123. The third kappa shape index (κ3) is 6.06. The zero-order valence-corrected chi connectivity index (χ0v) is 14.2. The first kappa shape index (κ1) is 17.5. The first-order valence-electron chi connectivity index (χ1n) is 8.12. The molecule has 0 radical (unpaired) electrons. The summed E-state index contributed by atoms with van der Waals surface area (Å²) in [7, 11) is 0. The van der Waals surface area contributed by atoms with Gasteiger partial charge in [-0.05, 0) is 45.0 Å². The van der Waals surface area contributed by atoms with Gasteiger partial charge in [0.25, 0.3) is 0 Å². The lowest BCUT2D eigenvalue weighted by atomic mass is 10.1. The monoisotopic (exact) mass is 322 g/mol. The number of halogens is 1. The minimum atomic E-state index is -0.217. The van der Waals surface area contributed by atoms with Crippen molar-refractivity contribution in [3.05, 3.63) is 30.1 Å². The molecule has 0 unspecified atom stereocenters. The van der Waals surface area contributed by atoms with Crippen molar-refractivity contribution in [3.63, 3.8) is 0 Å². The van der Waals surface area contributed by atoms with Crippen LogP contribution in [0, 0.1) is 5.82 Å². The Morgan fingerprint density at radius 3 is 2.30 bits per heavy atom.